The molecule has 3 nitrogen and oxygen atoms in total. The van der Waals surface area contributed by atoms with E-state index in [1.54, 1.807) is 0 Å². The van der Waals surface area contributed by atoms with E-state index in [1.165, 1.54) is 6.07 Å². The third-order valence-electron chi connectivity index (χ3n) is 4.40. The van der Waals surface area contributed by atoms with Crippen LogP contribution >= 0.6 is 0 Å². The smallest absolute Gasteiger partial charge is 0.220 e. The first-order valence-corrected chi connectivity index (χ1v) is 7.29. The lowest BCUT2D eigenvalue weighted by atomic mass is 9.85. The van der Waals surface area contributed by atoms with Gasteiger partial charge in [-0.1, -0.05) is 19.4 Å². The van der Waals surface area contributed by atoms with E-state index in [-0.39, 0.29) is 30.4 Å². The largest absolute Gasteiger partial charge is 0.396 e. The third-order valence-corrected chi connectivity index (χ3v) is 4.40. The zero-order valence-corrected chi connectivity index (χ0v) is 12.2. The molecule has 2 unspecified atom stereocenters. The number of hydrogen-bond acceptors (Lipinski definition) is 2. The molecule has 1 saturated carbocycles. The first-order valence-electron chi connectivity index (χ1n) is 7.29. The lowest BCUT2D eigenvalue weighted by molar-refractivity contribution is -0.122. The molecule has 1 aromatic rings. The van der Waals surface area contributed by atoms with Gasteiger partial charge in [-0.2, -0.15) is 0 Å². The Kier molecular flexibility index (Phi) is 4.93. The van der Waals surface area contributed by atoms with Gasteiger partial charge in [-0.05, 0) is 37.0 Å². The Morgan fingerprint density at radius 2 is 2.19 bits per heavy atom. The van der Waals surface area contributed by atoms with Crippen molar-refractivity contribution >= 4 is 5.91 Å². The number of aryl methyl sites for hydroxylation is 1. The van der Waals surface area contributed by atoms with Crippen molar-refractivity contribution in [2.75, 3.05) is 6.61 Å². The molecule has 1 amide bonds. The minimum atomic E-state index is -0.892. The number of nitrogens with one attached hydrogen (secondary N) is 1. The third kappa shape index (κ3) is 3.79. The summed E-state index contributed by atoms with van der Waals surface area (Å²) in [6.45, 7) is 2.03. The molecular formula is C16H21F2NO2. The van der Waals surface area contributed by atoms with Crippen molar-refractivity contribution in [3.05, 3.63) is 35.4 Å². The quantitative estimate of drug-likeness (QED) is 0.877. The van der Waals surface area contributed by atoms with Gasteiger partial charge in [0.1, 0.15) is 0 Å². The van der Waals surface area contributed by atoms with Gasteiger partial charge in [-0.3, -0.25) is 4.79 Å². The fourth-order valence-corrected chi connectivity index (χ4v) is 2.89. The first kappa shape index (κ1) is 15.9. The van der Waals surface area contributed by atoms with Crippen LogP contribution in [-0.4, -0.2) is 23.7 Å². The monoisotopic (exact) mass is 297 g/mol. The maximum absolute atomic E-state index is 13.1. The van der Waals surface area contributed by atoms with Gasteiger partial charge in [-0.15, -0.1) is 0 Å². The van der Waals surface area contributed by atoms with E-state index in [9.17, 15) is 18.7 Å². The molecule has 0 heterocycles. The van der Waals surface area contributed by atoms with E-state index < -0.39 is 11.6 Å². The predicted molar refractivity (Wildman–Crippen MR) is 75.7 cm³/mol. The van der Waals surface area contributed by atoms with Gasteiger partial charge in [0.05, 0.1) is 6.61 Å². The zero-order valence-electron chi connectivity index (χ0n) is 12.2. The average molecular weight is 297 g/mol. The summed E-state index contributed by atoms with van der Waals surface area (Å²) < 4.78 is 25.9. The molecule has 0 radical (unpaired) electrons. The van der Waals surface area contributed by atoms with E-state index >= 15 is 0 Å². The molecule has 0 bridgehead atoms. The van der Waals surface area contributed by atoms with E-state index in [2.05, 4.69) is 5.32 Å². The predicted octanol–water partition coefficient (Wildman–Crippen LogP) is 2.56. The minimum Gasteiger partial charge on any atom is -0.396 e. The molecule has 2 atom stereocenters. The number of carbonyl (C=O) groups is 1. The molecule has 0 aromatic heterocycles. The summed E-state index contributed by atoms with van der Waals surface area (Å²) in [7, 11) is 0. The standard InChI is InChI=1S/C16H21F2NO2/c1-16(10-20)8-2-3-14(16)19-15(21)7-5-11-4-6-12(17)13(18)9-11/h4,6,9,14,20H,2-3,5,7-8,10H2,1H3,(H,19,21). The maximum Gasteiger partial charge on any atom is 0.220 e. The van der Waals surface area contributed by atoms with Crippen LogP contribution in [0.4, 0.5) is 8.78 Å². The van der Waals surface area contributed by atoms with E-state index in [0.29, 0.717) is 12.0 Å². The van der Waals surface area contributed by atoms with Gasteiger partial charge in [0, 0.05) is 17.9 Å². The molecule has 5 heteroatoms. The second-order valence-electron chi connectivity index (χ2n) is 6.07. The number of benzene rings is 1. The second kappa shape index (κ2) is 6.52. The molecule has 0 aliphatic heterocycles. The fourth-order valence-electron chi connectivity index (χ4n) is 2.89. The number of hydrogen-bond donors (Lipinski definition) is 2. The number of aliphatic hydroxyl groups excluding tert-OH is 1. The normalized spacial score (nSPS) is 25.0. The summed E-state index contributed by atoms with van der Waals surface area (Å²) in [4.78, 5) is 12.0. The van der Waals surface area contributed by atoms with Crippen LogP contribution in [0.15, 0.2) is 18.2 Å². The van der Waals surface area contributed by atoms with Gasteiger partial charge in [0.15, 0.2) is 11.6 Å². The van der Waals surface area contributed by atoms with Crippen molar-refractivity contribution in [2.45, 2.75) is 45.1 Å². The van der Waals surface area contributed by atoms with Gasteiger partial charge >= 0.3 is 0 Å². The number of aliphatic hydroxyl groups is 1. The van der Waals surface area contributed by atoms with Crippen LogP contribution in [0.2, 0.25) is 0 Å². The van der Waals surface area contributed by atoms with Gasteiger partial charge in [-0.25, -0.2) is 8.78 Å². The van der Waals surface area contributed by atoms with Crippen LogP contribution in [0.1, 0.15) is 38.2 Å². The summed E-state index contributed by atoms with van der Waals surface area (Å²) in [5.41, 5.74) is 0.345. The molecule has 1 aromatic carbocycles. The molecule has 1 fully saturated rings. The number of halogens is 2. The molecular weight excluding hydrogens is 276 g/mol. The van der Waals surface area contributed by atoms with Crippen molar-refractivity contribution in [1.82, 2.24) is 5.32 Å². The second-order valence-corrected chi connectivity index (χ2v) is 6.07. The SMILES string of the molecule is CC1(CO)CCCC1NC(=O)CCc1ccc(F)c(F)c1. The van der Waals surface area contributed by atoms with Crippen LogP contribution in [0.5, 0.6) is 0 Å². The van der Waals surface area contributed by atoms with Crippen molar-refractivity contribution in [3.8, 4) is 0 Å². The zero-order chi connectivity index (χ0) is 15.5. The van der Waals surface area contributed by atoms with Crippen LogP contribution in [0.25, 0.3) is 0 Å². The van der Waals surface area contributed by atoms with E-state index in [4.69, 9.17) is 0 Å². The molecule has 2 N–H and O–H groups in total. The Bertz CT molecular complexity index is 521. The van der Waals surface area contributed by atoms with Gasteiger partial charge in [0.25, 0.3) is 0 Å². The highest BCUT2D eigenvalue weighted by atomic mass is 19.2. The highest BCUT2D eigenvalue weighted by Crippen LogP contribution is 2.37. The van der Waals surface area contributed by atoms with Crippen molar-refractivity contribution in [3.63, 3.8) is 0 Å². The lowest BCUT2D eigenvalue weighted by Crippen LogP contribution is -2.44. The summed E-state index contributed by atoms with van der Waals surface area (Å²) in [6.07, 6.45) is 3.35. The van der Waals surface area contributed by atoms with Crippen molar-refractivity contribution in [2.24, 2.45) is 5.41 Å². The van der Waals surface area contributed by atoms with Crippen LogP contribution in [0, 0.1) is 17.0 Å². The number of amides is 1. The highest BCUT2D eigenvalue weighted by Gasteiger charge is 2.38. The van der Waals surface area contributed by atoms with E-state index in [0.717, 1.165) is 31.4 Å². The van der Waals surface area contributed by atoms with E-state index in [1.807, 2.05) is 6.92 Å². The van der Waals surface area contributed by atoms with Crippen LogP contribution in [-0.2, 0) is 11.2 Å². The number of carbonyl (C=O) groups excluding carboxylic acids is 1. The van der Waals surface area contributed by atoms with Crippen molar-refractivity contribution < 1.29 is 18.7 Å². The van der Waals surface area contributed by atoms with Crippen LogP contribution < -0.4 is 5.32 Å². The minimum absolute atomic E-state index is 0.0139. The fraction of sp³-hybridized carbons (Fsp3) is 0.562. The lowest BCUT2D eigenvalue weighted by Gasteiger charge is -2.30. The summed E-state index contributed by atoms with van der Waals surface area (Å²) in [5.74, 6) is -1.89. The summed E-state index contributed by atoms with van der Waals surface area (Å²) >= 11 is 0. The first-order chi connectivity index (χ1) is 9.94. The molecule has 0 saturated heterocycles. The number of rotatable bonds is 5. The average Bonchev–Trinajstić information content (AvgIpc) is 2.82. The Morgan fingerprint density at radius 1 is 1.43 bits per heavy atom. The van der Waals surface area contributed by atoms with Crippen LogP contribution in [0.3, 0.4) is 0 Å². The maximum atomic E-state index is 13.1. The highest BCUT2D eigenvalue weighted by molar-refractivity contribution is 5.76. The van der Waals surface area contributed by atoms with Gasteiger partial charge < -0.3 is 10.4 Å². The molecule has 1 aliphatic carbocycles. The molecule has 1 aliphatic rings. The Balaban J connectivity index is 1.86. The van der Waals surface area contributed by atoms with Gasteiger partial charge in [0.2, 0.25) is 5.91 Å². The van der Waals surface area contributed by atoms with Crippen molar-refractivity contribution in [1.29, 1.82) is 0 Å². The summed E-state index contributed by atoms with van der Waals surface area (Å²) in [6, 6.07) is 3.66. The summed E-state index contributed by atoms with van der Waals surface area (Å²) in [5, 5.41) is 12.4. The molecule has 2 rings (SSSR count). The molecule has 21 heavy (non-hydrogen) atoms. The molecule has 116 valence electrons. The Morgan fingerprint density at radius 3 is 2.86 bits per heavy atom. The Labute approximate surface area is 123 Å². The molecule has 0 spiro atoms. The Hall–Kier alpha value is -1.49. The topological polar surface area (TPSA) is 49.3 Å².